The molecule has 27 heavy (non-hydrogen) atoms. The number of hydrogen-bond donors (Lipinski definition) is 3. The molecule has 0 saturated heterocycles. The van der Waals surface area contributed by atoms with Gasteiger partial charge in [-0.05, 0) is 79.2 Å². The summed E-state index contributed by atoms with van der Waals surface area (Å²) in [4.78, 5) is 25.8. The minimum Gasteiger partial charge on any atom is -0.508 e. The minimum absolute atomic E-state index is 0.0681. The molecule has 0 aliphatic rings. The molecule has 3 aromatic rings. The summed E-state index contributed by atoms with van der Waals surface area (Å²) in [6.07, 6.45) is 0. The molecule has 6 nitrogen and oxygen atoms in total. The second-order valence-electron chi connectivity index (χ2n) is 6.01. The topological polar surface area (TPSA) is 98.1 Å². The standard InChI is InChI=1S/C21H17NO5/c1-13-12-14(2-11-19(13)21(26)27)20(25)22(15-3-7-17(23)8-4-15)16-5-9-18(24)10-6-16/h2-12,23-24H,1H3,(H,26,27). The van der Waals surface area contributed by atoms with E-state index in [0.717, 1.165) is 0 Å². The molecule has 3 rings (SSSR count). The van der Waals surface area contributed by atoms with Gasteiger partial charge in [-0.15, -0.1) is 0 Å². The van der Waals surface area contributed by atoms with Gasteiger partial charge in [0.25, 0.3) is 5.91 Å². The van der Waals surface area contributed by atoms with Gasteiger partial charge in [-0.1, -0.05) is 0 Å². The Morgan fingerprint density at radius 2 is 1.26 bits per heavy atom. The fraction of sp³-hybridized carbons (Fsp3) is 0.0476. The maximum absolute atomic E-state index is 13.2. The van der Waals surface area contributed by atoms with E-state index < -0.39 is 5.97 Å². The maximum Gasteiger partial charge on any atom is 0.335 e. The van der Waals surface area contributed by atoms with E-state index in [9.17, 15) is 19.8 Å². The Balaban J connectivity index is 2.08. The molecule has 0 heterocycles. The summed E-state index contributed by atoms with van der Waals surface area (Å²) >= 11 is 0. The first-order valence-electron chi connectivity index (χ1n) is 8.13. The van der Waals surface area contributed by atoms with Crippen molar-refractivity contribution in [1.29, 1.82) is 0 Å². The first-order chi connectivity index (χ1) is 12.9. The predicted molar refractivity (Wildman–Crippen MR) is 101 cm³/mol. The third-order valence-corrected chi connectivity index (χ3v) is 4.12. The first-order valence-corrected chi connectivity index (χ1v) is 8.13. The Kier molecular flexibility index (Phi) is 4.81. The molecular weight excluding hydrogens is 346 g/mol. The molecule has 0 unspecified atom stereocenters. The predicted octanol–water partition coefficient (Wildman–Crippen LogP) is 4.08. The van der Waals surface area contributed by atoms with Crippen LogP contribution in [0.15, 0.2) is 66.7 Å². The van der Waals surface area contributed by atoms with Gasteiger partial charge in [0.15, 0.2) is 0 Å². The van der Waals surface area contributed by atoms with E-state index in [1.54, 1.807) is 31.2 Å². The Morgan fingerprint density at radius 1 is 0.778 bits per heavy atom. The third kappa shape index (κ3) is 3.74. The second-order valence-corrected chi connectivity index (χ2v) is 6.01. The van der Waals surface area contributed by atoms with E-state index >= 15 is 0 Å². The summed E-state index contributed by atoms with van der Waals surface area (Å²) in [5, 5.41) is 28.2. The van der Waals surface area contributed by atoms with Gasteiger partial charge in [0, 0.05) is 16.9 Å². The molecule has 3 N–H and O–H groups in total. The number of carboxylic acids is 1. The number of aryl methyl sites for hydroxylation is 1. The van der Waals surface area contributed by atoms with Gasteiger partial charge >= 0.3 is 5.97 Å². The van der Waals surface area contributed by atoms with E-state index in [1.807, 2.05) is 0 Å². The summed E-state index contributed by atoms with van der Waals surface area (Å²) in [7, 11) is 0. The van der Waals surface area contributed by atoms with Crippen molar-refractivity contribution in [2.45, 2.75) is 6.92 Å². The number of nitrogens with zero attached hydrogens (tertiary/aromatic N) is 1. The van der Waals surface area contributed by atoms with Crippen molar-refractivity contribution in [1.82, 2.24) is 0 Å². The van der Waals surface area contributed by atoms with E-state index in [4.69, 9.17) is 5.11 Å². The van der Waals surface area contributed by atoms with Gasteiger partial charge in [0.05, 0.1) is 5.56 Å². The lowest BCUT2D eigenvalue weighted by atomic mass is 10.0. The highest BCUT2D eigenvalue weighted by Crippen LogP contribution is 2.30. The molecule has 6 heteroatoms. The molecule has 0 spiro atoms. The Morgan fingerprint density at radius 3 is 1.67 bits per heavy atom. The van der Waals surface area contributed by atoms with Crippen molar-refractivity contribution < 1.29 is 24.9 Å². The van der Waals surface area contributed by atoms with E-state index in [-0.39, 0.29) is 23.0 Å². The molecule has 136 valence electrons. The number of benzene rings is 3. The highest BCUT2D eigenvalue weighted by Gasteiger charge is 2.21. The number of anilines is 2. The zero-order chi connectivity index (χ0) is 19.6. The number of aromatic hydroxyl groups is 2. The monoisotopic (exact) mass is 363 g/mol. The summed E-state index contributed by atoms with van der Waals surface area (Å²) in [6.45, 7) is 1.63. The number of rotatable bonds is 4. The lowest BCUT2D eigenvalue weighted by Crippen LogP contribution is -2.26. The van der Waals surface area contributed by atoms with Crippen LogP contribution in [0.2, 0.25) is 0 Å². The largest absolute Gasteiger partial charge is 0.508 e. The number of phenols is 2. The SMILES string of the molecule is Cc1cc(C(=O)N(c2ccc(O)cc2)c2ccc(O)cc2)ccc1C(=O)O. The highest BCUT2D eigenvalue weighted by atomic mass is 16.4. The summed E-state index contributed by atoms with van der Waals surface area (Å²) in [6, 6.07) is 16.6. The van der Waals surface area contributed by atoms with Crippen LogP contribution in [0.25, 0.3) is 0 Å². The lowest BCUT2D eigenvalue weighted by Gasteiger charge is -2.23. The van der Waals surface area contributed by atoms with Gasteiger partial charge in [0.2, 0.25) is 0 Å². The lowest BCUT2D eigenvalue weighted by molar-refractivity contribution is 0.0695. The van der Waals surface area contributed by atoms with Crippen molar-refractivity contribution in [2.24, 2.45) is 0 Å². The smallest absolute Gasteiger partial charge is 0.335 e. The van der Waals surface area contributed by atoms with Gasteiger partial charge in [-0.2, -0.15) is 0 Å². The Hall–Kier alpha value is -3.80. The van der Waals surface area contributed by atoms with Crippen molar-refractivity contribution in [3.05, 3.63) is 83.4 Å². The first kappa shape index (κ1) is 18.0. The summed E-state index contributed by atoms with van der Waals surface area (Å²) < 4.78 is 0. The molecule has 0 aromatic heterocycles. The third-order valence-electron chi connectivity index (χ3n) is 4.12. The van der Waals surface area contributed by atoms with Gasteiger partial charge < -0.3 is 15.3 Å². The number of carbonyl (C=O) groups excluding carboxylic acids is 1. The molecular formula is C21H17NO5. The summed E-state index contributed by atoms with van der Waals surface area (Å²) in [5.41, 5.74) is 1.96. The van der Waals surface area contributed by atoms with Crippen LogP contribution in [0.3, 0.4) is 0 Å². The van der Waals surface area contributed by atoms with Crippen molar-refractivity contribution in [3.8, 4) is 11.5 Å². The number of phenolic OH excluding ortho intramolecular Hbond substituents is 2. The Labute approximate surface area is 155 Å². The van der Waals surface area contributed by atoms with Crippen LogP contribution in [0.4, 0.5) is 11.4 Å². The minimum atomic E-state index is -1.06. The zero-order valence-electron chi connectivity index (χ0n) is 14.5. The van der Waals surface area contributed by atoms with Crippen LogP contribution in [-0.2, 0) is 0 Å². The van der Waals surface area contributed by atoms with Crippen LogP contribution in [0.1, 0.15) is 26.3 Å². The van der Waals surface area contributed by atoms with Gasteiger partial charge in [0.1, 0.15) is 11.5 Å². The normalized spacial score (nSPS) is 10.4. The van der Waals surface area contributed by atoms with E-state index in [0.29, 0.717) is 22.5 Å². The quantitative estimate of drug-likeness (QED) is 0.649. The Bertz CT molecular complexity index is 949. The molecule has 0 radical (unpaired) electrons. The van der Waals surface area contributed by atoms with Crippen LogP contribution >= 0.6 is 0 Å². The number of carbonyl (C=O) groups is 2. The summed E-state index contributed by atoms with van der Waals surface area (Å²) in [5.74, 6) is -1.29. The van der Waals surface area contributed by atoms with E-state index in [1.165, 1.54) is 47.4 Å². The molecule has 0 aliphatic carbocycles. The molecule has 0 aliphatic heterocycles. The maximum atomic E-state index is 13.2. The molecule has 0 bridgehead atoms. The van der Waals surface area contributed by atoms with Crippen molar-refractivity contribution >= 4 is 23.3 Å². The zero-order valence-corrected chi connectivity index (χ0v) is 14.5. The number of carboxylic acid groups (broad SMARTS) is 1. The fourth-order valence-electron chi connectivity index (χ4n) is 2.75. The number of hydrogen-bond acceptors (Lipinski definition) is 4. The molecule has 0 atom stereocenters. The van der Waals surface area contributed by atoms with Crippen molar-refractivity contribution in [2.75, 3.05) is 4.90 Å². The van der Waals surface area contributed by atoms with Crippen LogP contribution < -0.4 is 4.90 Å². The number of aromatic carboxylic acids is 1. The van der Waals surface area contributed by atoms with Crippen molar-refractivity contribution in [3.63, 3.8) is 0 Å². The second kappa shape index (κ2) is 7.21. The average molecular weight is 363 g/mol. The van der Waals surface area contributed by atoms with Crippen LogP contribution in [0, 0.1) is 6.92 Å². The average Bonchev–Trinajstić information content (AvgIpc) is 2.64. The molecule has 0 fully saturated rings. The van der Waals surface area contributed by atoms with Gasteiger partial charge in [-0.25, -0.2) is 4.79 Å². The fourth-order valence-corrected chi connectivity index (χ4v) is 2.75. The van der Waals surface area contributed by atoms with E-state index in [2.05, 4.69) is 0 Å². The molecule has 0 saturated carbocycles. The van der Waals surface area contributed by atoms with Crippen LogP contribution in [0.5, 0.6) is 11.5 Å². The molecule has 3 aromatic carbocycles. The van der Waals surface area contributed by atoms with Gasteiger partial charge in [-0.3, -0.25) is 9.69 Å². The molecule has 1 amide bonds. The number of amides is 1. The highest BCUT2D eigenvalue weighted by molar-refractivity contribution is 6.11. The van der Waals surface area contributed by atoms with Crippen LogP contribution in [-0.4, -0.2) is 27.2 Å².